The summed E-state index contributed by atoms with van der Waals surface area (Å²) < 4.78 is 1.98. The SMILES string of the molecule is C[CH]=[Ru][Cl].Cc1cc(C)c(N2[CH-]N(c3c(C)cc(C)cc3C)CC2)c(C)c1.Cc1cc(C)c([S-])c(C)c1. The predicted molar refractivity (Wildman–Crippen MR) is 164 cm³/mol. The Bertz CT molecular complexity index is 1120. The van der Waals surface area contributed by atoms with Crippen LogP contribution in [0.25, 0.3) is 0 Å². The molecule has 5 heteroatoms. The first kappa shape index (κ1) is 31.5. The van der Waals surface area contributed by atoms with Gasteiger partial charge in [-0.2, -0.15) is 11.6 Å². The van der Waals surface area contributed by atoms with Crippen LogP contribution in [0.3, 0.4) is 0 Å². The molecule has 1 heterocycles. The molecule has 0 aromatic heterocycles. The van der Waals surface area contributed by atoms with E-state index >= 15 is 0 Å². The van der Waals surface area contributed by atoms with Crippen molar-refractivity contribution in [3.8, 4) is 0 Å². The van der Waals surface area contributed by atoms with E-state index in [9.17, 15) is 0 Å². The van der Waals surface area contributed by atoms with Crippen molar-refractivity contribution in [2.24, 2.45) is 0 Å². The molecule has 1 saturated heterocycles. The van der Waals surface area contributed by atoms with E-state index in [1.165, 1.54) is 61.4 Å². The van der Waals surface area contributed by atoms with E-state index in [1.54, 1.807) is 0 Å². The molecule has 37 heavy (non-hydrogen) atoms. The normalized spacial score (nSPS) is 13.1. The number of rotatable bonds is 2. The fourth-order valence-electron chi connectivity index (χ4n) is 5.26. The second kappa shape index (κ2) is 14.4. The molecular formula is C32H42ClN2RuS-2. The average molecular weight is 623 g/mol. The topological polar surface area (TPSA) is 6.48 Å². The molecule has 203 valence electrons. The summed E-state index contributed by atoms with van der Waals surface area (Å²) >= 11 is 5.24. The fraction of sp³-hybridized carbons (Fsp3) is 0.375. The molecule has 0 amide bonds. The van der Waals surface area contributed by atoms with E-state index < -0.39 is 0 Å². The van der Waals surface area contributed by atoms with Gasteiger partial charge < -0.3 is 22.4 Å². The standard InChI is InChI=1S/C21H27N2.C9H12S.C2H4.ClH.Ru/c1-14-9-16(3)20(17(4)10-14)22-7-8-23(13-22)21-18(5)11-15(2)12-19(21)6;1-6-4-7(2)9(10)8(3)5-6;1-2;;/h9-13H,7-8H2,1-6H3;4-5,10H,1-3H3;1H,2H3;1H;/q-1;;;;+1/p-2. The van der Waals surface area contributed by atoms with Crippen molar-refractivity contribution < 1.29 is 15.7 Å². The van der Waals surface area contributed by atoms with Crippen LogP contribution >= 0.6 is 9.69 Å². The van der Waals surface area contributed by atoms with Gasteiger partial charge in [0.15, 0.2) is 0 Å². The molecule has 0 spiro atoms. The van der Waals surface area contributed by atoms with Crippen molar-refractivity contribution in [1.29, 1.82) is 0 Å². The molecule has 4 rings (SSSR count). The molecule has 0 atom stereocenters. The molecule has 1 aliphatic rings. The third-order valence-corrected chi connectivity index (χ3v) is 8.32. The minimum absolute atomic E-state index is 0.0867. The zero-order valence-corrected chi connectivity index (χ0v) is 27.4. The zero-order valence-electron chi connectivity index (χ0n) is 24.1. The number of aryl methyl sites for hydroxylation is 9. The molecule has 0 radical (unpaired) electrons. The Hall–Kier alpha value is -1.74. The van der Waals surface area contributed by atoms with Gasteiger partial charge in [-0.15, -0.1) is 0 Å². The molecule has 0 saturated carbocycles. The smallest absolute Gasteiger partial charge is 0.0146 e. The molecule has 1 aliphatic heterocycles. The summed E-state index contributed by atoms with van der Waals surface area (Å²) in [6, 6.07) is 13.4. The van der Waals surface area contributed by atoms with Gasteiger partial charge >= 0.3 is 36.9 Å². The van der Waals surface area contributed by atoms with E-state index in [1.807, 2.05) is 11.5 Å². The van der Waals surface area contributed by atoms with E-state index in [-0.39, 0.29) is 15.7 Å². The van der Waals surface area contributed by atoms with Gasteiger partial charge in [0, 0.05) is 24.5 Å². The third-order valence-electron chi connectivity index (χ3n) is 6.39. The van der Waals surface area contributed by atoms with Crippen LogP contribution in [0.5, 0.6) is 0 Å². The Morgan fingerprint density at radius 1 is 0.649 bits per heavy atom. The van der Waals surface area contributed by atoms with Gasteiger partial charge in [-0.05, 0) is 84.6 Å². The maximum absolute atomic E-state index is 5.22. The second-order valence-electron chi connectivity index (χ2n) is 10.0. The van der Waals surface area contributed by atoms with Gasteiger partial charge in [-0.1, -0.05) is 64.2 Å². The van der Waals surface area contributed by atoms with Crippen molar-refractivity contribution in [2.75, 3.05) is 22.9 Å². The quantitative estimate of drug-likeness (QED) is 0.161. The van der Waals surface area contributed by atoms with Crippen LogP contribution in [0.4, 0.5) is 11.4 Å². The van der Waals surface area contributed by atoms with Crippen LogP contribution in [0.15, 0.2) is 41.3 Å². The Kier molecular flexibility index (Phi) is 12.3. The number of anilines is 2. The first-order valence-electron chi connectivity index (χ1n) is 12.7. The number of hydrogen-bond donors (Lipinski definition) is 0. The van der Waals surface area contributed by atoms with Crippen LogP contribution in [0, 0.1) is 69.0 Å². The van der Waals surface area contributed by atoms with Gasteiger partial charge in [-0.3, -0.25) is 0 Å². The van der Waals surface area contributed by atoms with E-state index in [0.29, 0.717) is 0 Å². The first-order chi connectivity index (χ1) is 17.4. The molecule has 1 fully saturated rings. The van der Waals surface area contributed by atoms with Gasteiger partial charge in [0.2, 0.25) is 0 Å². The van der Waals surface area contributed by atoms with Crippen molar-refractivity contribution in [2.45, 2.75) is 74.1 Å². The van der Waals surface area contributed by atoms with Crippen LogP contribution in [-0.2, 0) is 28.3 Å². The van der Waals surface area contributed by atoms with E-state index in [4.69, 9.17) is 22.3 Å². The van der Waals surface area contributed by atoms with E-state index in [2.05, 4.69) is 115 Å². The molecule has 3 aromatic rings. The zero-order chi connectivity index (χ0) is 27.9. The maximum Gasteiger partial charge on any atom is 0.0146 e. The first-order valence-corrected chi connectivity index (χ1v) is 16.3. The van der Waals surface area contributed by atoms with E-state index in [0.717, 1.165) is 18.0 Å². The van der Waals surface area contributed by atoms with Crippen molar-refractivity contribution in [3.05, 3.63) is 93.1 Å². The van der Waals surface area contributed by atoms with Crippen LogP contribution < -0.4 is 9.80 Å². The molecule has 0 aliphatic carbocycles. The van der Waals surface area contributed by atoms with Gasteiger partial charge in [0.25, 0.3) is 0 Å². The predicted octanol–water partition coefficient (Wildman–Crippen LogP) is 8.55. The Morgan fingerprint density at radius 3 is 1.19 bits per heavy atom. The van der Waals surface area contributed by atoms with Crippen molar-refractivity contribution in [1.82, 2.24) is 0 Å². The van der Waals surface area contributed by atoms with Crippen molar-refractivity contribution in [3.63, 3.8) is 0 Å². The minimum Gasteiger partial charge on any atom is -0.779 e. The molecular weight excluding hydrogens is 581 g/mol. The largest absolute Gasteiger partial charge is 0.779 e. The van der Waals surface area contributed by atoms with Gasteiger partial charge in [-0.25, -0.2) is 0 Å². The second-order valence-corrected chi connectivity index (χ2v) is 12.7. The number of hydrogen-bond acceptors (Lipinski definition) is 3. The summed E-state index contributed by atoms with van der Waals surface area (Å²) in [4.78, 5) is 5.82. The number of halogens is 1. The average Bonchev–Trinajstić information content (AvgIpc) is 3.25. The summed E-state index contributed by atoms with van der Waals surface area (Å²) in [5.41, 5.74) is 14.6. The molecule has 0 bridgehead atoms. The van der Waals surface area contributed by atoms with Crippen LogP contribution in [-0.4, -0.2) is 17.7 Å². The Balaban J connectivity index is 0.000000285. The Morgan fingerprint density at radius 2 is 0.919 bits per heavy atom. The minimum atomic E-state index is 0.0867. The summed E-state index contributed by atoms with van der Waals surface area (Å²) in [5, 5.41) is 0. The fourth-order valence-corrected chi connectivity index (χ4v) is 5.37. The van der Waals surface area contributed by atoms with Crippen LogP contribution in [0.1, 0.15) is 57.0 Å². The number of benzene rings is 3. The van der Waals surface area contributed by atoms with Crippen LogP contribution in [0.2, 0.25) is 0 Å². The van der Waals surface area contributed by atoms with Crippen molar-refractivity contribution >= 4 is 38.3 Å². The Labute approximate surface area is 243 Å². The number of nitrogens with zero attached hydrogens (tertiary/aromatic N) is 2. The van der Waals surface area contributed by atoms with Gasteiger partial charge in [0.05, 0.1) is 0 Å². The molecule has 2 nitrogen and oxygen atoms in total. The summed E-state index contributed by atoms with van der Waals surface area (Å²) in [5.74, 6) is 0. The molecule has 0 unspecified atom stereocenters. The summed E-state index contributed by atoms with van der Waals surface area (Å²) in [6.07, 6.45) is 0. The molecule has 3 aromatic carbocycles. The third kappa shape index (κ3) is 8.64. The molecule has 0 N–H and O–H groups in total. The maximum atomic E-state index is 5.22. The summed E-state index contributed by atoms with van der Waals surface area (Å²) in [6.45, 7) is 25.7. The summed E-state index contributed by atoms with van der Waals surface area (Å²) in [7, 11) is 5.22. The van der Waals surface area contributed by atoms with Gasteiger partial charge in [0.1, 0.15) is 0 Å². The monoisotopic (exact) mass is 623 g/mol.